The molecule has 43 heavy (non-hydrogen) atoms. The fraction of sp³-hybridized carbons (Fsp3) is 0.387. The Labute approximate surface area is 250 Å². The highest BCUT2D eigenvalue weighted by atomic mass is 16.5. The van der Waals surface area contributed by atoms with Gasteiger partial charge >= 0.3 is 0 Å². The van der Waals surface area contributed by atoms with Gasteiger partial charge in [-0.15, -0.1) is 17.4 Å². The van der Waals surface area contributed by atoms with Crippen molar-refractivity contribution >= 4 is 34.7 Å². The van der Waals surface area contributed by atoms with E-state index in [9.17, 15) is 14.4 Å². The van der Waals surface area contributed by atoms with E-state index in [2.05, 4.69) is 39.0 Å². The molecule has 2 aliphatic heterocycles. The lowest BCUT2D eigenvalue weighted by Gasteiger charge is -2.34. The lowest BCUT2D eigenvalue weighted by molar-refractivity contribution is -0.133. The second-order valence-corrected chi connectivity index (χ2v) is 10.4. The zero-order valence-corrected chi connectivity index (χ0v) is 24.1. The van der Waals surface area contributed by atoms with Crippen molar-refractivity contribution in [2.45, 2.75) is 19.4 Å². The topological polar surface area (TPSA) is 124 Å². The zero-order chi connectivity index (χ0) is 30.2. The molecule has 12 nitrogen and oxygen atoms in total. The summed E-state index contributed by atoms with van der Waals surface area (Å²) in [4.78, 5) is 47.2. The maximum absolute atomic E-state index is 12.4. The van der Waals surface area contributed by atoms with Crippen molar-refractivity contribution in [3.05, 3.63) is 54.7 Å². The molecule has 0 bridgehead atoms. The average Bonchev–Trinajstić information content (AvgIpc) is 3.45. The van der Waals surface area contributed by atoms with Crippen LogP contribution in [0.25, 0.3) is 16.9 Å². The Morgan fingerprint density at radius 1 is 1.07 bits per heavy atom. The lowest BCUT2D eigenvalue weighted by Crippen LogP contribution is -2.50. The van der Waals surface area contributed by atoms with Crippen molar-refractivity contribution < 1.29 is 19.1 Å². The van der Waals surface area contributed by atoms with Crippen LogP contribution in [-0.4, -0.2) is 101 Å². The molecule has 0 atom stereocenters. The minimum absolute atomic E-state index is 0.0229. The number of hydrogen-bond donors (Lipinski definition) is 2. The number of carbonyl (C=O) groups is 3. The Bertz CT molecular complexity index is 1510. The van der Waals surface area contributed by atoms with Gasteiger partial charge < -0.3 is 25.2 Å². The summed E-state index contributed by atoms with van der Waals surface area (Å²) in [6.45, 7) is 9.48. The predicted octanol–water partition coefficient (Wildman–Crippen LogP) is 1.53. The van der Waals surface area contributed by atoms with E-state index in [1.807, 2.05) is 35.0 Å². The zero-order valence-electron chi connectivity index (χ0n) is 24.1. The number of rotatable bonds is 10. The fourth-order valence-corrected chi connectivity index (χ4v) is 5.13. The van der Waals surface area contributed by atoms with Crippen molar-refractivity contribution in [3.63, 3.8) is 0 Å². The number of terminal acetylenes is 1. The first kappa shape index (κ1) is 29.8. The molecule has 4 heterocycles. The van der Waals surface area contributed by atoms with E-state index in [4.69, 9.17) is 21.2 Å². The lowest BCUT2D eigenvalue weighted by atomic mass is 10.2. The molecule has 0 spiro atoms. The molecule has 2 fully saturated rings. The number of anilines is 2. The molecule has 2 aliphatic rings. The van der Waals surface area contributed by atoms with E-state index >= 15 is 0 Å². The quantitative estimate of drug-likeness (QED) is 0.272. The van der Waals surface area contributed by atoms with Gasteiger partial charge in [-0.1, -0.05) is 6.58 Å². The van der Waals surface area contributed by atoms with Gasteiger partial charge in [0.2, 0.25) is 17.7 Å². The van der Waals surface area contributed by atoms with Gasteiger partial charge in [-0.25, -0.2) is 9.50 Å². The maximum Gasteiger partial charge on any atom is 0.243 e. The van der Waals surface area contributed by atoms with Crippen LogP contribution in [0.2, 0.25) is 0 Å². The molecule has 3 aromatic rings. The normalized spacial score (nSPS) is 15.6. The van der Waals surface area contributed by atoms with Crippen LogP contribution in [0.1, 0.15) is 18.4 Å². The van der Waals surface area contributed by atoms with Gasteiger partial charge in [-0.3, -0.25) is 19.3 Å². The number of aromatic nitrogens is 3. The second kappa shape index (κ2) is 14.0. The summed E-state index contributed by atoms with van der Waals surface area (Å²) in [5, 5.41) is 10.3. The Morgan fingerprint density at radius 2 is 1.81 bits per heavy atom. The van der Waals surface area contributed by atoms with Crippen molar-refractivity contribution in [1.82, 2.24) is 29.7 Å². The number of ether oxygens (including phenoxy) is 1. The summed E-state index contributed by atoms with van der Waals surface area (Å²) in [6.07, 6.45) is 9.13. The molecule has 3 amide bonds. The molecule has 12 heteroatoms. The number of benzene rings is 1. The van der Waals surface area contributed by atoms with E-state index in [0.717, 1.165) is 54.7 Å². The first-order valence-corrected chi connectivity index (χ1v) is 14.4. The molecule has 0 aliphatic carbocycles. The standard InChI is InChI=1S/C31H36N8O4/c1-3-5-6-28(41)33-25-9-7-24(8-10-25)30-34-31(38-15-17-43-18-16-38)26-19-23(22-39(26)35-30)21-36-11-13-37(14-12-36)29(42)20-32-27(40)4-2/h1,4,7-10,19,22H,2,5-6,11-18,20-21H2,(H,32,40)(H,33,41). The van der Waals surface area contributed by atoms with Gasteiger partial charge in [-0.2, -0.15) is 0 Å². The third-order valence-electron chi connectivity index (χ3n) is 7.46. The van der Waals surface area contributed by atoms with Crippen LogP contribution < -0.4 is 15.5 Å². The highest BCUT2D eigenvalue weighted by Crippen LogP contribution is 2.27. The van der Waals surface area contributed by atoms with Crippen molar-refractivity contribution in [1.29, 1.82) is 0 Å². The van der Waals surface area contributed by atoms with E-state index in [1.54, 1.807) is 4.90 Å². The van der Waals surface area contributed by atoms with E-state index in [-0.39, 0.29) is 30.7 Å². The minimum atomic E-state index is -0.354. The number of piperazine rings is 1. The summed E-state index contributed by atoms with van der Waals surface area (Å²) in [5.74, 6) is 3.34. The van der Waals surface area contributed by atoms with Crippen molar-refractivity contribution in [2.24, 2.45) is 0 Å². The van der Waals surface area contributed by atoms with Gasteiger partial charge in [0.05, 0.1) is 19.8 Å². The highest BCUT2D eigenvalue weighted by molar-refractivity contribution is 5.91. The summed E-state index contributed by atoms with van der Waals surface area (Å²) >= 11 is 0. The van der Waals surface area contributed by atoms with Crippen LogP contribution in [0.3, 0.4) is 0 Å². The Kier molecular flexibility index (Phi) is 9.66. The summed E-state index contributed by atoms with van der Waals surface area (Å²) < 4.78 is 7.47. The Morgan fingerprint density at radius 3 is 2.51 bits per heavy atom. The van der Waals surface area contributed by atoms with E-state index < -0.39 is 0 Å². The molecule has 2 saturated heterocycles. The van der Waals surface area contributed by atoms with Crippen molar-refractivity contribution in [2.75, 3.05) is 69.2 Å². The predicted molar refractivity (Wildman–Crippen MR) is 163 cm³/mol. The molecule has 0 saturated carbocycles. The molecule has 5 rings (SSSR count). The van der Waals surface area contributed by atoms with Gasteiger partial charge in [0, 0.05) is 76.1 Å². The molecule has 1 aromatic carbocycles. The van der Waals surface area contributed by atoms with Gasteiger partial charge in [0.15, 0.2) is 11.6 Å². The fourth-order valence-electron chi connectivity index (χ4n) is 5.13. The number of nitrogens with one attached hydrogen (secondary N) is 2. The van der Waals surface area contributed by atoms with Crippen LogP contribution in [0.4, 0.5) is 11.5 Å². The first-order chi connectivity index (χ1) is 20.9. The number of hydrogen-bond acceptors (Lipinski definition) is 8. The number of amides is 3. The monoisotopic (exact) mass is 584 g/mol. The molecule has 0 unspecified atom stereocenters. The molecule has 0 radical (unpaired) electrons. The highest BCUT2D eigenvalue weighted by Gasteiger charge is 2.23. The van der Waals surface area contributed by atoms with E-state index in [1.165, 1.54) is 0 Å². The van der Waals surface area contributed by atoms with Crippen LogP contribution in [0.15, 0.2) is 49.2 Å². The first-order valence-electron chi connectivity index (χ1n) is 14.4. The third-order valence-corrected chi connectivity index (χ3v) is 7.46. The number of nitrogens with zero attached hydrogens (tertiary/aromatic N) is 6. The maximum atomic E-state index is 12.4. The molecular formula is C31H36N8O4. The van der Waals surface area contributed by atoms with Crippen molar-refractivity contribution in [3.8, 4) is 23.7 Å². The smallest absolute Gasteiger partial charge is 0.243 e. The molecule has 2 aromatic heterocycles. The van der Waals surface area contributed by atoms with Gasteiger partial charge in [-0.05, 0) is 42.0 Å². The molecular weight excluding hydrogens is 548 g/mol. The van der Waals surface area contributed by atoms with Gasteiger partial charge in [0.25, 0.3) is 0 Å². The molecule has 2 N–H and O–H groups in total. The third kappa shape index (κ3) is 7.57. The largest absolute Gasteiger partial charge is 0.378 e. The number of carbonyl (C=O) groups excluding carboxylic acids is 3. The van der Waals surface area contributed by atoms with Crippen LogP contribution in [0.5, 0.6) is 0 Å². The van der Waals surface area contributed by atoms with E-state index in [0.29, 0.717) is 50.8 Å². The minimum Gasteiger partial charge on any atom is -0.378 e. The Hall–Kier alpha value is -4.73. The Balaban J connectivity index is 1.31. The summed E-state index contributed by atoms with van der Waals surface area (Å²) in [6, 6.07) is 9.60. The summed E-state index contributed by atoms with van der Waals surface area (Å²) in [7, 11) is 0. The molecule has 224 valence electrons. The van der Waals surface area contributed by atoms with Crippen LogP contribution in [-0.2, 0) is 25.7 Å². The number of morpholine rings is 1. The van der Waals surface area contributed by atoms with Crippen LogP contribution in [0, 0.1) is 12.3 Å². The SMILES string of the molecule is C#CCCC(=O)Nc1ccc(-c2nc(N3CCOCC3)c3cc(CN4CCN(C(=O)CNC(=O)C=C)CC4)cn3n2)cc1. The second-order valence-electron chi connectivity index (χ2n) is 10.4. The number of fused-ring (bicyclic) bond motifs is 1. The average molecular weight is 585 g/mol. The van der Waals surface area contributed by atoms with Crippen LogP contribution >= 0.6 is 0 Å². The summed E-state index contributed by atoms with van der Waals surface area (Å²) in [5.41, 5.74) is 3.54. The van der Waals surface area contributed by atoms with Gasteiger partial charge in [0.1, 0.15) is 5.52 Å².